The molecule has 4 heteroatoms. The van der Waals surface area contributed by atoms with Gasteiger partial charge in [-0.1, -0.05) is 33.6 Å². The minimum Gasteiger partial charge on any atom is -0.377 e. The fourth-order valence-corrected chi connectivity index (χ4v) is 2.50. The van der Waals surface area contributed by atoms with Crippen LogP contribution in [0.2, 0.25) is 5.02 Å². The molecule has 0 spiro atoms. The number of nitrogens with one attached hydrogen (secondary N) is 1. The average molecular weight is 321 g/mol. The van der Waals surface area contributed by atoms with Gasteiger partial charge >= 0.3 is 0 Å². The molecular formula is C13H19BrClNO. The Morgan fingerprint density at radius 2 is 2.12 bits per heavy atom. The van der Waals surface area contributed by atoms with Crippen LogP contribution in [0.4, 0.5) is 0 Å². The van der Waals surface area contributed by atoms with E-state index in [0.29, 0.717) is 0 Å². The standard InChI is InChI=1S/C13H19BrClNO/c1-13(2,17-4)12(16-3)7-9-5-6-10(14)8-11(9)15/h5-6,8,12,16H,7H2,1-4H3. The van der Waals surface area contributed by atoms with Gasteiger partial charge in [0.25, 0.3) is 0 Å². The number of rotatable bonds is 5. The van der Waals surface area contributed by atoms with Crippen LogP contribution in [-0.2, 0) is 11.2 Å². The van der Waals surface area contributed by atoms with E-state index in [-0.39, 0.29) is 11.6 Å². The van der Waals surface area contributed by atoms with Gasteiger partial charge in [0.2, 0.25) is 0 Å². The second kappa shape index (κ2) is 6.19. The zero-order valence-corrected chi connectivity index (χ0v) is 13.0. The summed E-state index contributed by atoms with van der Waals surface area (Å²) in [7, 11) is 3.67. The number of methoxy groups -OCH3 is 1. The molecule has 1 aromatic rings. The van der Waals surface area contributed by atoms with Crippen molar-refractivity contribution in [3.05, 3.63) is 33.3 Å². The van der Waals surface area contributed by atoms with Crippen molar-refractivity contribution in [2.24, 2.45) is 0 Å². The smallest absolute Gasteiger partial charge is 0.0778 e. The van der Waals surface area contributed by atoms with Gasteiger partial charge in [-0.25, -0.2) is 0 Å². The van der Waals surface area contributed by atoms with Crippen LogP contribution in [-0.4, -0.2) is 25.8 Å². The first-order valence-corrected chi connectivity index (χ1v) is 6.74. The number of halogens is 2. The largest absolute Gasteiger partial charge is 0.377 e. The Bertz CT molecular complexity index is 382. The molecule has 17 heavy (non-hydrogen) atoms. The predicted octanol–water partition coefficient (Wildman–Crippen LogP) is 3.66. The minimum atomic E-state index is -0.231. The Morgan fingerprint density at radius 3 is 2.59 bits per heavy atom. The summed E-state index contributed by atoms with van der Waals surface area (Å²) in [5.41, 5.74) is 0.893. The molecule has 1 aromatic carbocycles. The number of benzene rings is 1. The maximum Gasteiger partial charge on any atom is 0.0778 e. The van der Waals surface area contributed by atoms with E-state index in [1.807, 2.05) is 25.2 Å². The lowest BCUT2D eigenvalue weighted by atomic mass is 9.92. The highest BCUT2D eigenvalue weighted by molar-refractivity contribution is 9.10. The first-order valence-electron chi connectivity index (χ1n) is 5.57. The maximum atomic E-state index is 6.23. The molecule has 0 heterocycles. The molecule has 0 radical (unpaired) electrons. The Labute approximate surface area is 117 Å². The molecule has 0 bridgehead atoms. The van der Waals surface area contributed by atoms with Gasteiger partial charge in [0, 0.05) is 22.6 Å². The third-order valence-electron chi connectivity index (χ3n) is 3.15. The van der Waals surface area contributed by atoms with E-state index in [2.05, 4.69) is 35.1 Å². The second-order valence-electron chi connectivity index (χ2n) is 4.59. The van der Waals surface area contributed by atoms with Crippen molar-refractivity contribution in [1.82, 2.24) is 5.32 Å². The fraction of sp³-hybridized carbons (Fsp3) is 0.538. The lowest BCUT2D eigenvalue weighted by Gasteiger charge is -2.33. The van der Waals surface area contributed by atoms with E-state index in [1.54, 1.807) is 7.11 Å². The first kappa shape index (κ1) is 15.0. The van der Waals surface area contributed by atoms with Crippen LogP contribution in [0.1, 0.15) is 19.4 Å². The van der Waals surface area contributed by atoms with Gasteiger partial charge in [-0.05, 0) is 45.0 Å². The van der Waals surface area contributed by atoms with Crippen molar-refractivity contribution in [2.45, 2.75) is 31.9 Å². The van der Waals surface area contributed by atoms with Gasteiger partial charge in [-0.3, -0.25) is 0 Å². The zero-order valence-electron chi connectivity index (χ0n) is 10.7. The van der Waals surface area contributed by atoms with Crippen LogP contribution in [0.25, 0.3) is 0 Å². The summed E-state index contributed by atoms with van der Waals surface area (Å²) >= 11 is 9.63. The highest BCUT2D eigenvalue weighted by Crippen LogP contribution is 2.25. The Kier molecular flexibility index (Phi) is 5.45. The van der Waals surface area contributed by atoms with Crippen LogP contribution >= 0.6 is 27.5 Å². The SMILES string of the molecule is CNC(Cc1ccc(Br)cc1Cl)C(C)(C)OC. The van der Waals surface area contributed by atoms with E-state index in [0.717, 1.165) is 21.5 Å². The van der Waals surface area contributed by atoms with Crippen molar-refractivity contribution >= 4 is 27.5 Å². The Morgan fingerprint density at radius 1 is 1.47 bits per heavy atom. The average Bonchev–Trinajstić information content (AvgIpc) is 2.27. The zero-order chi connectivity index (χ0) is 13.1. The van der Waals surface area contributed by atoms with E-state index < -0.39 is 0 Å². The van der Waals surface area contributed by atoms with Crippen LogP contribution in [0.15, 0.2) is 22.7 Å². The quantitative estimate of drug-likeness (QED) is 0.894. The summed E-state index contributed by atoms with van der Waals surface area (Å²) in [5.74, 6) is 0. The van der Waals surface area contributed by atoms with Crippen LogP contribution in [0.5, 0.6) is 0 Å². The third-order valence-corrected chi connectivity index (χ3v) is 4.00. The van der Waals surface area contributed by atoms with Gasteiger partial charge in [-0.2, -0.15) is 0 Å². The monoisotopic (exact) mass is 319 g/mol. The predicted molar refractivity (Wildman–Crippen MR) is 76.8 cm³/mol. The molecule has 0 aromatic heterocycles. The molecule has 2 nitrogen and oxygen atoms in total. The highest BCUT2D eigenvalue weighted by Gasteiger charge is 2.28. The summed E-state index contributed by atoms with van der Waals surface area (Å²) in [6.45, 7) is 4.14. The van der Waals surface area contributed by atoms with Crippen molar-refractivity contribution in [2.75, 3.05) is 14.2 Å². The normalized spacial score (nSPS) is 13.8. The molecule has 0 fully saturated rings. The van der Waals surface area contributed by atoms with E-state index in [4.69, 9.17) is 16.3 Å². The molecule has 1 unspecified atom stereocenters. The molecule has 0 saturated heterocycles. The maximum absolute atomic E-state index is 6.23. The lowest BCUT2D eigenvalue weighted by molar-refractivity contribution is -0.00796. The molecule has 0 aliphatic heterocycles. The molecule has 1 rings (SSSR count). The van der Waals surface area contributed by atoms with Gasteiger partial charge in [0.05, 0.1) is 5.60 Å². The minimum absolute atomic E-state index is 0.214. The van der Waals surface area contributed by atoms with E-state index in [1.165, 1.54) is 0 Å². The number of ether oxygens (including phenoxy) is 1. The number of likely N-dealkylation sites (N-methyl/N-ethyl adjacent to an activating group) is 1. The first-order chi connectivity index (χ1) is 7.90. The molecule has 1 atom stereocenters. The second-order valence-corrected chi connectivity index (χ2v) is 5.91. The molecule has 0 amide bonds. The van der Waals surface area contributed by atoms with E-state index >= 15 is 0 Å². The van der Waals surface area contributed by atoms with Crippen molar-refractivity contribution < 1.29 is 4.74 Å². The van der Waals surface area contributed by atoms with E-state index in [9.17, 15) is 0 Å². The van der Waals surface area contributed by atoms with Crippen LogP contribution < -0.4 is 5.32 Å². The lowest BCUT2D eigenvalue weighted by Crippen LogP contribution is -2.48. The highest BCUT2D eigenvalue weighted by atomic mass is 79.9. The molecule has 0 saturated carbocycles. The van der Waals surface area contributed by atoms with Crippen molar-refractivity contribution in [3.8, 4) is 0 Å². The Hall–Kier alpha value is -0.0900. The van der Waals surface area contributed by atoms with Crippen molar-refractivity contribution in [3.63, 3.8) is 0 Å². The molecular weight excluding hydrogens is 302 g/mol. The summed E-state index contributed by atoms with van der Waals surface area (Å²) < 4.78 is 6.51. The summed E-state index contributed by atoms with van der Waals surface area (Å²) in [6, 6.07) is 6.19. The fourth-order valence-electron chi connectivity index (χ4n) is 1.74. The Balaban J connectivity index is 2.88. The topological polar surface area (TPSA) is 21.3 Å². The third kappa shape index (κ3) is 3.95. The van der Waals surface area contributed by atoms with Crippen molar-refractivity contribution in [1.29, 1.82) is 0 Å². The van der Waals surface area contributed by atoms with Crippen LogP contribution in [0.3, 0.4) is 0 Å². The summed E-state index contributed by atoms with van der Waals surface area (Å²) in [6.07, 6.45) is 0.837. The molecule has 0 aliphatic rings. The van der Waals surface area contributed by atoms with Crippen LogP contribution in [0, 0.1) is 0 Å². The number of hydrogen-bond acceptors (Lipinski definition) is 2. The molecule has 1 N–H and O–H groups in total. The van der Waals surface area contributed by atoms with Gasteiger partial charge in [0.15, 0.2) is 0 Å². The van der Waals surface area contributed by atoms with Gasteiger partial charge < -0.3 is 10.1 Å². The summed E-state index contributed by atoms with van der Waals surface area (Å²) in [5, 5.41) is 4.07. The summed E-state index contributed by atoms with van der Waals surface area (Å²) in [4.78, 5) is 0. The number of hydrogen-bond donors (Lipinski definition) is 1. The molecule has 0 aliphatic carbocycles. The van der Waals surface area contributed by atoms with Gasteiger partial charge in [0.1, 0.15) is 0 Å². The molecule has 96 valence electrons. The van der Waals surface area contributed by atoms with Gasteiger partial charge in [-0.15, -0.1) is 0 Å².